The van der Waals surface area contributed by atoms with E-state index in [4.69, 9.17) is 5.26 Å². The van der Waals surface area contributed by atoms with Gasteiger partial charge in [-0.15, -0.1) is 0 Å². The van der Waals surface area contributed by atoms with E-state index < -0.39 is 0 Å². The molecule has 1 N–H and O–H groups in total. The summed E-state index contributed by atoms with van der Waals surface area (Å²) in [6, 6.07) is 10.7. The summed E-state index contributed by atoms with van der Waals surface area (Å²) >= 11 is 0. The van der Waals surface area contributed by atoms with E-state index in [1.165, 1.54) is 18.4 Å². The van der Waals surface area contributed by atoms with E-state index in [9.17, 15) is 0 Å². The third-order valence-electron chi connectivity index (χ3n) is 3.07. The van der Waals surface area contributed by atoms with E-state index >= 15 is 0 Å². The zero-order valence-corrected chi connectivity index (χ0v) is 8.87. The molecule has 0 amide bonds. The summed E-state index contributed by atoms with van der Waals surface area (Å²) in [4.78, 5) is 0. The van der Waals surface area contributed by atoms with Crippen molar-refractivity contribution in [2.45, 2.75) is 25.2 Å². The molecule has 2 heteroatoms. The van der Waals surface area contributed by atoms with Gasteiger partial charge in [0.15, 0.2) is 0 Å². The summed E-state index contributed by atoms with van der Waals surface area (Å²) in [6.07, 6.45) is 2.99. The van der Waals surface area contributed by atoms with Crippen LogP contribution in [0.5, 0.6) is 0 Å². The Morgan fingerprint density at radius 2 is 1.87 bits per heavy atom. The van der Waals surface area contributed by atoms with Crippen LogP contribution in [-0.4, -0.2) is 13.1 Å². The van der Waals surface area contributed by atoms with Gasteiger partial charge in [-0.1, -0.05) is 24.3 Å². The second-order valence-electron chi connectivity index (χ2n) is 4.10. The molecule has 2 nitrogen and oxygen atoms in total. The summed E-state index contributed by atoms with van der Waals surface area (Å²) in [5, 5.41) is 12.0. The lowest BCUT2D eigenvalue weighted by molar-refractivity contribution is 0.460. The molecule has 1 aromatic carbocycles. The lowest BCUT2D eigenvalue weighted by Gasteiger charge is -2.23. The van der Waals surface area contributed by atoms with Crippen LogP contribution in [0.25, 0.3) is 0 Å². The third kappa shape index (κ3) is 2.57. The van der Waals surface area contributed by atoms with E-state index in [2.05, 4.69) is 35.7 Å². The van der Waals surface area contributed by atoms with E-state index in [1.807, 2.05) is 0 Å². The van der Waals surface area contributed by atoms with E-state index in [1.54, 1.807) is 0 Å². The molecule has 0 bridgehead atoms. The Bertz CT molecular complexity index is 342. The molecule has 78 valence electrons. The molecule has 1 fully saturated rings. The number of hydrogen-bond donors (Lipinski definition) is 1. The van der Waals surface area contributed by atoms with Gasteiger partial charge in [-0.3, -0.25) is 0 Å². The first-order valence-corrected chi connectivity index (χ1v) is 5.56. The summed E-state index contributed by atoms with van der Waals surface area (Å²) in [5.41, 5.74) is 2.55. The normalized spacial score (nSPS) is 17.3. The molecule has 0 atom stereocenters. The minimum Gasteiger partial charge on any atom is -0.317 e. The summed E-state index contributed by atoms with van der Waals surface area (Å²) < 4.78 is 0. The third-order valence-corrected chi connectivity index (χ3v) is 3.07. The molecule has 2 rings (SSSR count). The predicted molar refractivity (Wildman–Crippen MR) is 60.6 cm³/mol. The van der Waals surface area contributed by atoms with Crippen molar-refractivity contribution < 1.29 is 0 Å². The average molecular weight is 200 g/mol. The standard InChI is InChI=1S/C13H16N2/c14-8-5-11-1-3-12(4-2-11)13-6-9-15-10-7-13/h1-4,13,15H,5-7,9-10H2. The highest BCUT2D eigenvalue weighted by Gasteiger charge is 2.14. The van der Waals surface area contributed by atoms with Crippen LogP contribution in [0.2, 0.25) is 0 Å². The van der Waals surface area contributed by atoms with Gasteiger partial charge in [0.25, 0.3) is 0 Å². The van der Waals surface area contributed by atoms with Crippen LogP contribution in [0.1, 0.15) is 29.9 Å². The molecule has 1 aliphatic heterocycles. The fourth-order valence-corrected chi connectivity index (χ4v) is 2.15. The highest BCUT2D eigenvalue weighted by molar-refractivity contribution is 5.27. The van der Waals surface area contributed by atoms with Crippen molar-refractivity contribution in [3.63, 3.8) is 0 Å². The maximum Gasteiger partial charge on any atom is 0.0669 e. The van der Waals surface area contributed by atoms with E-state index in [0.717, 1.165) is 18.7 Å². The van der Waals surface area contributed by atoms with Crippen molar-refractivity contribution in [1.29, 1.82) is 5.26 Å². The van der Waals surface area contributed by atoms with Crippen molar-refractivity contribution in [2.75, 3.05) is 13.1 Å². The number of nitrogens with one attached hydrogen (secondary N) is 1. The van der Waals surface area contributed by atoms with Crippen molar-refractivity contribution in [3.8, 4) is 6.07 Å². The molecule has 1 aromatic rings. The summed E-state index contributed by atoms with van der Waals surface area (Å²) in [7, 11) is 0. The monoisotopic (exact) mass is 200 g/mol. The Kier molecular flexibility index (Phi) is 3.37. The number of benzene rings is 1. The lowest BCUT2D eigenvalue weighted by Crippen LogP contribution is -2.26. The first-order chi connectivity index (χ1) is 7.40. The molecule has 15 heavy (non-hydrogen) atoms. The zero-order valence-electron chi connectivity index (χ0n) is 8.87. The number of rotatable bonds is 2. The maximum atomic E-state index is 8.58. The molecular weight excluding hydrogens is 184 g/mol. The smallest absolute Gasteiger partial charge is 0.0669 e. The van der Waals surface area contributed by atoms with Gasteiger partial charge < -0.3 is 5.32 Å². The highest BCUT2D eigenvalue weighted by Crippen LogP contribution is 2.25. The quantitative estimate of drug-likeness (QED) is 0.794. The van der Waals surface area contributed by atoms with E-state index in [0.29, 0.717) is 12.3 Å². The van der Waals surface area contributed by atoms with Crippen molar-refractivity contribution in [2.24, 2.45) is 0 Å². The summed E-state index contributed by atoms with van der Waals surface area (Å²) in [5.74, 6) is 0.711. The number of hydrogen-bond acceptors (Lipinski definition) is 2. The van der Waals surface area contributed by atoms with Crippen LogP contribution >= 0.6 is 0 Å². The van der Waals surface area contributed by atoms with Crippen LogP contribution in [-0.2, 0) is 6.42 Å². The van der Waals surface area contributed by atoms with Gasteiger partial charge in [0.05, 0.1) is 12.5 Å². The number of nitriles is 1. The molecule has 0 radical (unpaired) electrons. The minimum atomic E-state index is 0.520. The topological polar surface area (TPSA) is 35.8 Å². The van der Waals surface area contributed by atoms with Crippen LogP contribution in [0, 0.1) is 11.3 Å². The predicted octanol–water partition coefficient (Wildman–Crippen LogP) is 2.22. The van der Waals surface area contributed by atoms with E-state index in [-0.39, 0.29) is 0 Å². The van der Waals surface area contributed by atoms with Crippen LogP contribution < -0.4 is 5.32 Å². The SMILES string of the molecule is N#CCc1ccc(C2CCNCC2)cc1. The second-order valence-corrected chi connectivity index (χ2v) is 4.10. The number of piperidine rings is 1. The van der Waals surface area contributed by atoms with Crippen LogP contribution in [0.3, 0.4) is 0 Å². The van der Waals surface area contributed by atoms with Crippen LogP contribution in [0.4, 0.5) is 0 Å². The minimum absolute atomic E-state index is 0.520. The molecule has 1 heterocycles. The molecule has 0 saturated carbocycles. The van der Waals surface area contributed by atoms with Gasteiger partial charge in [0, 0.05) is 0 Å². The van der Waals surface area contributed by atoms with Gasteiger partial charge in [0.1, 0.15) is 0 Å². The number of nitrogens with zero attached hydrogens (tertiary/aromatic N) is 1. The molecule has 0 aliphatic carbocycles. The van der Waals surface area contributed by atoms with Gasteiger partial charge >= 0.3 is 0 Å². The highest BCUT2D eigenvalue weighted by atomic mass is 14.9. The van der Waals surface area contributed by atoms with Crippen molar-refractivity contribution >= 4 is 0 Å². The fraction of sp³-hybridized carbons (Fsp3) is 0.462. The molecular formula is C13H16N2. The largest absolute Gasteiger partial charge is 0.317 e. The second kappa shape index (κ2) is 4.95. The summed E-state index contributed by atoms with van der Waals surface area (Å²) in [6.45, 7) is 2.26. The lowest BCUT2D eigenvalue weighted by atomic mass is 9.90. The Morgan fingerprint density at radius 3 is 2.47 bits per heavy atom. The average Bonchev–Trinajstić information content (AvgIpc) is 2.32. The molecule has 0 aromatic heterocycles. The van der Waals surface area contributed by atoms with Crippen molar-refractivity contribution in [3.05, 3.63) is 35.4 Å². The Labute approximate surface area is 90.9 Å². The first-order valence-electron chi connectivity index (χ1n) is 5.56. The maximum absolute atomic E-state index is 8.58. The molecule has 0 spiro atoms. The Balaban J connectivity index is 2.05. The molecule has 1 aliphatic rings. The van der Waals surface area contributed by atoms with Crippen LogP contribution in [0.15, 0.2) is 24.3 Å². The van der Waals surface area contributed by atoms with Gasteiger partial charge in [-0.2, -0.15) is 5.26 Å². The van der Waals surface area contributed by atoms with Gasteiger partial charge in [-0.05, 0) is 43.0 Å². The van der Waals surface area contributed by atoms with Gasteiger partial charge in [-0.25, -0.2) is 0 Å². The molecule has 0 unspecified atom stereocenters. The Morgan fingerprint density at radius 1 is 1.20 bits per heavy atom. The zero-order chi connectivity index (χ0) is 10.5. The fourth-order valence-electron chi connectivity index (χ4n) is 2.15. The molecule has 1 saturated heterocycles. The first kappa shape index (κ1) is 10.2. The van der Waals surface area contributed by atoms with Gasteiger partial charge in [0.2, 0.25) is 0 Å². The Hall–Kier alpha value is -1.33. The van der Waals surface area contributed by atoms with Crippen molar-refractivity contribution in [1.82, 2.24) is 5.32 Å².